The largest absolute Gasteiger partial charge is 0.393 e. The molecule has 0 amide bonds. The summed E-state index contributed by atoms with van der Waals surface area (Å²) in [6.07, 6.45) is 10.8. The fraction of sp³-hybridized carbons (Fsp3) is 1.00. The number of rotatable bonds is 5. The molecule has 0 heterocycles. The summed E-state index contributed by atoms with van der Waals surface area (Å²) >= 11 is 0. The normalized spacial score (nSPS) is 55.0. The van der Waals surface area contributed by atoms with Crippen LogP contribution in [-0.2, 0) is 0 Å². The maximum absolute atomic E-state index is 12.4. The maximum atomic E-state index is 12.4. The zero-order valence-corrected chi connectivity index (χ0v) is 27.1. The Morgan fingerprint density at radius 1 is 0.775 bits per heavy atom. The molecule has 4 N–H and O–H groups in total. The van der Waals surface area contributed by atoms with Gasteiger partial charge in [0.15, 0.2) is 0 Å². The van der Waals surface area contributed by atoms with E-state index in [-0.39, 0.29) is 52.6 Å². The Morgan fingerprint density at radius 3 is 2.05 bits per heavy atom. The lowest BCUT2D eigenvalue weighted by atomic mass is 9.29. The van der Waals surface area contributed by atoms with E-state index in [1.807, 2.05) is 6.92 Å². The molecule has 4 nitrogen and oxygen atoms in total. The minimum atomic E-state index is -0.636. The SMILES string of the molecule is CC(O)C1C(C)CC2(C)C(CC(O)CC3CCCCC3)C3(C)C(C)C4CCCC(C)C4C(O)C3C(C)C2(C)C1O. The summed E-state index contributed by atoms with van der Waals surface area (Å²) in [5, 5.41) is 47.5. The standard InChI is InChI=1S/C36H64O4/c1-20-13-12-16-27-22(3)35(7)28(18-26(38)17-25-14-10-9-11-15-25)34(6)19-21(2)29(24(5)37)33(40)36(34,8)23(4)31(35)32(39)30(20)27/h20-33,37-40H,9-19H2,1-8H3. The third-order valence-electron chi connectivity index (χ3n) is 15.5. The van der Waals surface area contributed by atoms with Crippen LogP contribution >= 0.6 is 0 Å². The van der Waals surface area contributed by atoms with Crippen molar-refractivity contribution in [3.63, 3.8) is 0 Å². The third-order valence-corrected chi connectivity index (χ3v) is 15.5. The molecule has 5 aliphatic rings. The lowest BCUT2D eigenvalue weighted by Crippen LogP contribution is -2.75. The van der Waals surface area contributed by atoms with E-state index in [0.29, 0.717) is 29.6 Å². The first-order valence-corrected chi connectivity index (χ1v) is 17.4. The second-order valence-corrected chi connectivity index (χ2v) is 16.9. The summed E-state index contributed by atoms with van der Waals surface area (Å²) in [7, 11) is 0. The molecule has 0 radical (unpaired) electrons. The van der Waals surface area contributed by atoms with Crippen molar-refractivity contribution < 1.29 is 20.4 Å². The molecule has 4 heteroatoms. The highest BCUT2D eigenvalue weighted by Gasteiger charge is 2.74. The summed E-state index contributed by atoms with van der Waals surface area (Å²) in [5.74, 6) is 2.88. The van der Waals surface area contributed by atoms with Crippen LogP contribution < -0.4 is 0 Å². The Bertz CT molecular complexity index is 884. The smallest absolute Gasteiger partial charge is 0.0657 e. The average Bonchev–Trinajstić information content (AvgIpc) is 2.88. The average molecular weight is 561 g/mol. The minimum Gasteiger partial charge on any atom is -0.393 e. The fourth-order valence-electron chi connectivity index (χ4n) is 13.3. The number of aliphatic hydroxyl groups excluding tert-OH is 4. The van der Waals surface area contributed by atoms with Crippen LogP contribution in [0.5, 0.6) is 0 Å². The first kappa shape index (κ1) is 31.3. The molecular formula is C36H64O4. The monoisotopic (exact) mass is 560 g/mol. The summed E-state index contributed by atoms with van der Waals surface area (Å²) in [6.45, 7) is 18.5. The number of hydrogen-bond acceptors (Lipinski definition) is 4. The van der Waals surface area contributed by atoms with Gasteiger partial charge in [-0.25, -0.2) is 0 Å². The molecule has 0 saturated heterocycles. The first-order valence-electron chi connectivity index (χ1n) is 17.4. The van der Waals surface area contributed by atoms with Gasteiger partial charge in [-0.15, -0.1) is 0 Å². The van der Waals surface area contributed by atoms with Crippen molar-refractivity contribution in [2.24, 2.45) is 75.4 Å². The van der Waals surface area contributed by atoms with Crippen LogP contribution in [0.25, 0.3) is 0 Å². The molecule has 0 aliphatic heterocycles. The molecule has 16 unspecified atom stereocenters. The molecule has 0 aromatic carbocycles. The molecule has 0 aromatic heterocycles. The molecular weight excluding hydrogens is 496 g/mol. The highest BCUT2D eigenvalue weighted by molar-refractivity contribution is 5.22. The van der Waals surface area contributed by atoms with E-state index in [1.54, 1.807) is 0 Å². The summed E-state index contributed by atoms with van der Waals surface area (Å²) < 4.78 is 0. The van der Waals surface area contributed by atoms with Gasteiger partial charge in [0.1, 0.15) is 0 Å². The van der Waals surface area contributed by atoms with E-state index < -0.39 is 17.6 Å². The van der Waals surface area contributed by atoms with Crippen molar-refractivity contribution in [2.45, 2.75) is 150 Å². The molecule has 5 fully saturated rings. The Morgan fingerprint density at radius 2 is 1.43 bits per heavy atom. The maximum Gasteiger partial charge on any atom is 0.0657 e. The van der Waals surface area contributed by atoms with Gasteiger partial charge in [0.2, 0.25) is 0 Å². The second-order valence-electron chi connectivity index (χ2n) is 16.9. The topological polar surface area (TPSA) is 80.9 Å². The van der Waals surface area contributed by atoms with E-state index in [4.69, 9.17) is 0 Å². The Labute approximate surface area is 246 Å². The van der Waals surface area contributed by atoms with Gasteiger partial charge in [0.05, 0.1) is 24.4 Å². The van der Waals surface area contributed by atoms with Crippen LogP contribution in [0, 0.1) is 75.4 Å². The highest BCUT2D eigenvalue weighted by Crippen LogP contribution is 2.76. The van der Waals surface area contributed by atoms with Crippen LogP contribution in [-0.4, -0.2) is 44.8 Å². The first-order chi connectivity index (χ1) is 18.7. The van der Waals surface area contributed by atoms with Gasteiger partial charge in [0.25, 0.3) is 0 Å². The fourth-order valence-corrected chi connectivity index (χ4v) is 13.3. The van der Waals surface area contributed by atoms with Gasteiger partial charge >= 0.3 is 0 Å². The van der Waals surface area contributed by atoms with Gasteiger partial charge in [-0.1, -0.05) is 93.4 Å². The van der Waals surface area contributed by atoms with Crippen molar-refractivity contribution in [3.05, 3.63) is 0 Å². The Balaban J connectivity index is 1.62. The van der Waals surface area contributed by atoms with Crippen LogP contribution in [0.1, 0.15) is 126 Å². The molecule has 0 spiro atoms. The van der Waals surface area contributed by atoms with Crippen molar-refractivity contribution in [3.8, 4) is 0 Å². The second kappa shape index (κ2) is 11.1. The van der Waals surface area contributed by atoms with E-state index in [0.717, 1.165) is 19.3 Å². The quantitative estimate of drug-likeness (QED) is 0.290. The Kier molecular flexibility index (Phi) is 8.66. The van der Waals surface area contributed by atoms with E-state index in [2.05, 4.69) is 48.5 Å². The van der Waals surface area contributed by atoms with Crippen molar-refractivity contribution in [2.75, 3.05) is 0 Å². The van der Waals surface area contributed by atoms with Gasteiger partial charge in [-0.3, -0.25) is 0 Å². The molecule has 40 heavy (non-hydrogen) atoms. The molecule has 232 valence electrons. The predicted molar refractivity (Wildman–Crippen MR) is 162 cm³/mol. The predicted octanol–water partition coefficient (Wildman–Crippen LogP) is 7.07. The van der Waals surface area contributed by atoms with E-state index >= 15 is 0 Å². The van der Waals surface area contributed by atoms with Crippen LogP contribution in [0.2, 0.25) is 0 Å². The number of aliphatic hydroxyl groups is 4. The number of fused-ring (bicyclic) bond motifs is 3. The molecule has 0 bridgehead atoms. The number of hydrogen-bond donors (Lipinski definition) is 4. The summed E-state index contributed by atoms with van der Waals surface area (Å²) in [4.78, 5) is 0. The summed E-state index contributed by atoms with van der Waals surface area (Å²) in [5.41, 5.74) is -0.765. The van der Waals surface area contributed by atoms with Gasteiger partial charge in [-0.05, 0) is 96.7 Å². The van der Waals surface area contributed by atoms with Gasteiger partial charge in [0, 0.05) is 11.3 Å². The van der Waals surface area contributed by atoms with Crippen molar-refractivity contribution in [1.82, 2.24) is 0 Å². The van der Waals surface area contributed by atoms with Crippen molar-refractivity contribution >= 4 is 0 Å². The van der Waals surface area contributed by atoms with Crippen LogP contribution in [0.3, 0.4) is 0 Å². The van der Waals surface area contributed by atoms with E-state index in [1.165, 1.54) is 51.4 Å². The Hall–Kier alpha value is -0.160. The van der Waals surface area contributed by atoms with Crippen molar-refractivity contribution in [1.29, 1.82) is 0 Å². The lowest BCUT2D eigenvalue weighted by Gasteiger charge is -2.76. The van der Waals surface area contributed by atoms with Gasteiger partial charge < -0.3 is 20.4 Å². The molecule has 0 aromatic rings. The summed E-state index contributed by atoms with van der Waals surface area (Å²) in [6, 6.07) is 0. The third kappa shape index (κ3) is 4.42. The zero-order valence-electron chi connectivity index (χ0n) is 27.1. The molecule has 5 aliphatic carbocycles. The zero-order chi connectivity index (χ0) is 29.4. The van der Waals surface area contributed by atoms with Crippen LogP contribution in [0.4, 0.5) is 0 Å². The van der Waals surface area contributed by atoms with Crippen LogP contribution in [0.15, 0.2) is 0 Å². The minimum absolute atomic E-state index is 0.0759. The van der Waals surface area contributed by atoms with E-state index in [9.17, 15) is 20.4 Å². The highest BCUT2D eigenvalue weighted by atomic mass is 16.3. The lowest BCUT2D eigenvalue weighted by molar-refractivity contribution is -0.320. The molecule has 16 atom stereocenters. The molecule has 5 rings (SSSR count). The van der Waals surface area contributed by atoms with Gasteiger partial charge in [-0.2, -0.15) is 0 Å². The molecule has 5 saturated carbocycles.